The lowest BCUT2D eigenvalue weighted by molar-refractivity contribution is 1.16. The van der Waals surface area contributed by atoms with E-state index in [2.05, 4.69) is 48.6 Å². The second-order valence-electron chi connectivity index (χ2n) is 9.31. The summed E-state index contributed by atoms with van der Waals surface area (Å²) in [6.45, 7) is 0. The predicted octanol–water partition coefficient (Wildman–Crippen LogP) is 14.6. The average Bonchev–Trinajstić information content (AvgIpc) is 3.19. The maximum Gasteiger partial charge on any atom is 0.0720 e. The molecular formula is C31H12Br2Cl8N. The Morgan fingerprint density at radius 2 is 0.786 bits per heavy atom. The number of halogens is 10. The molecule has 1 radical (unpaired) electrons. The second-order valence-corrected chi connectivity index (χ2v) is 14.5. The van der Waals surface area contributed by atoms with Crippen molar-refractivity contribution in [3.63, 3.8) is 0 Å². The molecule has 0 aliphatic rings. The van der Waals surface area contributed by atoms with Crippen LogP contribution < -0.4 is 0 Å². The van der Waals surface area contributed by atoms with Gasteiger partial charge in [0.1, 0.15) is 0 Å². The van der Waals surface area contributed by atoms with E-state index in [4.69, 9.17) is 92.8 Å². The van der Waals surface area contributed by atoms with Gasteiger partial charge in [-0.2, -0.15) is 0 Å². The lowest BCUT2D eigenvalue weighted by Gasteiger charge is -2.25. The van der Waals surface area contributed by atoms with Crippen LogP contribution >= 0.6 is 125 Å². The number of rotatable bonds is 4. The van der Waals surface area contributed by atoms with Crippen LogP contribution in [0.3, 0.4) is 0 Å². The summed E-state index contributed by atoms with van der Waals surface area (Å²) in [7, 11) is 0. The van der Waals surface area contributed by atoms with Crippen LogP contribution in [0, 0.1) is 5.92 Å². The van der Waals surface area contributed by atoms with Crippen LogP contribution in [-0.2, 0) is 0 Å². The molecule has 0 fully saturated rings. The fraction of sp³-hybridized carbons (Fsp3) is 0. The van der Waals surface area contributed by atoms with Gasteiger partial charge in [0.05, 0.1) is 17.0 Å². The highest BCUT2D eigenvalue weighted by Crippen LogP contribution is 2.50. The van der Waals surface area contributed by atoms with E-state index in [1.165, 1.54) is 0 Å². The molecule has 0 saturated carbocycles. The number of benzene rings is 5. The first kappa shape index (κ1) is 31.2. The Bertz CT molecular complexity index is 1890. The summed E-state index contributed by atoms with van der Waals surface area (Å²) in [5, 5.41) is 4.53. The van der Waals surface area contributed by atoms with E-state index in [1.54, 1.807) is 24.3 Å². The monoisotopic (exact) mass is 836 g/mol. The topological polar surface area (TPSA) is 4.93 Å². The molecule has 5 aromatic carbocycles. The van der Waals surface area contributed by atoms with Gasteiger partial charge >= 0.3 is 0 Å². The molecule has 1 aromatic heterocycles. The van der Waals surface area contributed by atoms with Gasteiger partial charge in [0.2, 0.25) is 0 Å². The van der Waals surface area contributed by atoms with Gasteiger partial charge in [-0.05, 0) is 72.8 Å². The van der Waals surface area contributed by atoms with Crippen molar-refractivity contribution < 1.29 is 0 Å². The van der Waals surface area contributed by atoms with Crippen LogP contribution in [0.15, 0.2) is 81.7 Å². The zero-order chi connectivity index (χ0) is 30.0. The van der Waals surface area contributed by atoms with Crippen LogP contribution in [0.2, 0.25) is 40.2 Å². The fourth-order valence-electron chi connectivity index (χ4n) is 5.11. The lowest BCUT2D eigenvalue weighted by atomic mass is 9.84. The van der Waals surface area contributed by atoms with Crippen LogP contribution in [0.25, 0.3) is 27.5 Å². The maximum atomic E-state index is 7.11. The van der Waals surface area contributed by atoms with Crippen molar-refractivity contribution in [2.75, 3.05) is 0 Å². The van der Waals surface area contributed by atoms with Gasteiger partial charge < -0.3 is 4.57 Å². The van der Waals surface area contributed by atoms with E-state index in [0.717, 1.165) is 36.4 Å². The van der Waals surface area contributed by atoms with E-state index >= 15 is 0 Å². The molecule has 42 heavy (non-hydrogen) atoms. The molecule has 11 heteroatoms. The van der Waals surface area contributed by atoms with Crippen molar-refractivity contribution in [1.29, 1.82) is 0 Å². The Kier molecular flexibility index (Phi) is 9.04. The van der Waals surface area contributed by atoms with Crippen molar-refractivity contribution >= 4 is 146 Å². The van der Waals surface area contributed by atoms with Crippen molar-refractivity contribution in [3.05, 3.63) is 145 Å². The van der Waals surface area contributed by atoms with E-state index in [-0.39, 0.29) is 20.1 Å². The van der Waals surface area contributed by atoms with Crippen LogP contribution in [-0.4, -0.2) is 4.57 Å². The third-order valence-electron chi connectivity index (χ3n) is 6.74. The summed E-state index contributed by atoms with van der Waals surface area (Å²) in [5.41, 5.74) is 3.96. The van der Waals surface area contributed by atoms with Crippen molar-refractivity contribution in [3.8, 4) is 5.69 Å². The minimum Gasteiger partial charge on any atom is -0.309 e. The molecule has 0 aliphatic carbocycles. The number of hydrogen-bond donors (Lipinski definition) is 0. The van der Waals surface area contributed by atoms with Gasteiger partial charge in [-0.15, -0.1) is 0 Å². The standard InChI is InChI=1S/C31H12Br2Cl8N/c32-13-1-3-26-18(5-13)19-6-14(33)2-4-27(19)42(26)17-11-24(40)30(25(41)12-17)31(28-20(36)7-15(34)8-21(28)37)29-22(38)9-16(35)10-23(29)39/h1-12H. The quantitative estimate of drug-likeness (QED) is 0.156. The molecule has 211 valence electrons. The summed E-state index contributed by atoms with van der Waals surface area (Å²) in [4.78, 5) is 0. The zero-order valence-electron chi connectivity index (χ0n) is 20.7. The Balaban J connectivity index is 1.65. The smallest absolute Gasteiger partial charge is 0.0720 e. The number of fused-ring (bicyclic) bond motifs is 3. The first-order valence-corrected chi connectivity index (χ1v) is 16.6. The first-order valence-electron chi connectivity index (χ1n) is 12.0. The molecule has 6 rings (SSSR count). The molecule has 0 aliphatic heterocycles. The molecule has 0 spiro atoms. The van der Waals surface area contributed by atoms with Gasteiger partial charge in [-0.25, -0.2) is 0 Å². The molecule has 0 atom stereocenters. The number of hydrogen-bond acceptors (Lipinski definition) is 0. The van der Waals surface area contributed by atoms with Gasteiger partial charge in [0.15, 0.2) is 0 Å². The van der Waals surface area contributed by atoms with Crippen molar-refractivity contribution in [1.82, 2.24) is 4.57 Å². The van der Waals surface area contributed by atoms with Crippen LogP contribution in [0.4, 0.5) is 0 Å². The molecule has 1 heterocycles. The summed E-state index contributed by atoms with van der Waals surface area (Å²) < 4.78 is 4.04. The SMILES string of the molecule is Clc1cc(Cl)c([C](c2c(Cl)cc(Cl)cc2Cl)c2c(Cl)cc(-n3c4ccc(Br)cc4c4cc(Br)ccc43)cc2Cl)c(Cl)c1. The Morgan fingerprint density at radius 1 is 0.452 bits per heavy atom. The van der Waals surface area contributed by atoms with E-state index in [9.17, 15) is 0 Å². The first-order chi connectivity index (χ1) is 19.9. The Labute approximate surface area is 298 Å². The highest BCUT2D eigenvalue weighted by Gasteiger charge is 2.32. The number of aromatic nitrogens is 1. The Morgan fingerprint density at radius 3 is 1.14 bits per heavy atom. The molecule has 0 unspecified atom stereocenters. The summed E-state index contributed by atoms with van der Waals surface area (Å²) >= 11 is 60.9. The third-order valence-corrected chi connectivity index (χ3v) is 9.95. The van der Waals surface area contributed by atoms with Gasteiger partial charge in [0, 0.05) is 82.3 Å². The largest absolute Gasteiger partial charge is 0.309 e. The summed E-state index contributed by atoms with van der Waals surface area (Å²) in [5.74, 6) is 0.435. The Hall–Kier alpha value is -0.820. The molecular weight excluding hydrogens is 830 g/mol. The third kappa shape index (κ3) is 5.58. The lowest BCUT2D eigenvalue weighted by Crippen LogP contribution is -2.10. The second kappa shape index (κ2) is 12.2. The highest BCUT2D eigenvalue weighted by molar-refractivity contribution is 9.10. The van der Waals surface area contributed by atoms with E-state index < -0.39 is 0 Å². The van der Waals surface area contributed by atoms with E-state index in [0.29, 0.717) is 42.7 Å². The van der Waals surface area contributed by atoms with Crippen molar-refractivity contribution in [2.45, 2.75) is 0 Å². The summed E-state index contributed by atoms with van der Waals surface area (Å²) in [6.07, 6.45) is 0. The summed E-state index contributed by atoms with van der Waals surface area (Å²) in [6, 6.07) is 22.2. The molecule has 0 bridgehead atoms. The molecule has 0 saturated heterocycles. The van der Waals surface area contributed by atoms with Gasteiger partial charge in [-0.3, -0.25) is 0 Å². The normalized spacial score (nSPS) is 11.8. The van der Waals surface area contributed by atoms with E-state index in [1.807, 2.05) is 36.4 Å². The molecule has 1 nitrogen and oxygen atoms in total. The minimum absolute atomic E-state index is 0.263. The van der Waals surface area contributed by atoms with Crippen LogP contribution in [0.1, 0.15) is 16.7 Å². The van der Waals surface area contributed by atoms with Crippen molar-refractivity contribution in [2.24, 2.45) is 0 Å². The zero-order valence-corrected chi connectivity index (χ0v) is 29.9. The van der Waals surface area contributed by atoms with Crippen LogP contribution in [0.5, 0.6) is 0 Å². The predicted molar refractivity (Wildman–Crippen MR) is 190 cm³/mol. The maximum absolute atomic E-state index is 7.11. The average molecular weight is 842 g/mol. The molecule has 0 amide bonds. The van der Waals surface area contributed by atoms with Gasteiger partial charge in [-0.1, -0.05) is 125 Å². The molecule has 0 N–H and O–H groups in total. The number of nitrogens with zero attached hydrogens (tertiary/aromatic N) is 1. The fourth-order valence-corrected chi connectivity index (χ4v) is 8.51. The highest BCUT2D eigenvalue weighted by atomic mass is 79.9. The molecule has 6 aromatic rings. The van der Waals surface area contributed by atoms with Gasteiger partial charge in [0.25, 0.3) is 0 Å². The minimum atomic E-state index is 0.263.